The first kappa shape index (κ1) is 19.8. The first-order valence-corrected chi connectivity index (χ1v) is 9.53. The summed E-state index contributed by atoms with van der Waals surface area (Å²) in [5, 5.41) is 3.35. The van der Waals surface area contributed by atoms with E-state index in [0.717, 1.165) is 30.5 Å². The molecule has 2 aromatic rings. The Morgan fingerprint density at radius 3 is 2.68 bits per heavy atom. The molecule has 2 aromatic heterocycles. The van der Waals surface area contributed by atoms with E-state index in [9.17, 15) is 9.59 Å². The zero-order valence-corrected chi connectivity index (χ0v) is 16.4. The standard InChI is InChI=1S/C21H27N5O2/c1-25(2)11-3-4-20(27)26-12-7-18(8-13-26)24-19-14-17(15-23-21(19)28)16-5-9-22-10-6-16/h3-6,9-10,14-15,18,24H,7-8,11-13H2,1-2H3,(H,23,28)/b4-3+. The number of carbonyl (C=O) groups is 1. The van der Waals surface area contributed by atoms with Gasteiger partial charge in [-0.3, -0.25) is 14.6 Å². The summed E-state index contributed by atoms with van der Waals surface area (Å²) in [5.74, 6) is 0.0535. The molecular weight excluding hydrogens is 354 g/mol. The highest BCUT2D eigenvalue weighted by molar-refractivity contribution is 5.87. The van der Waals surface area contributed by atoms with Gasteiger partial charge in [0.1, 0.15) is 5.69 Å². The van der Waals surface area contributed by atoms with Crippen molar-refractivity contribution in [3.63, 3.8) is 0 Å². The molecular formula is C21H27N5O2. The molecule has 0 aliphatic carbocycles. The molecule has 2 N–H and O–H groups in total. The molecule has 1 aliphatic rings. The summed E-state index contributed by atoms with van der Waals surface area (Å²) in [6.07, 6.45) is 10.3. The summed E-state index contributed by atoms with van der Waals surface area (Å²) in [4.78, 5) is 35.2. The van der Waals surface area contributed by atoms with E-state index in [0.29, 0.717) is 18.8 Å². The number of nitrogens with one attached hydrogen (secondary N) is 2. The van der Waals surface area contributed by atoms with Crippen LogP contribution in [-0.2, 0) is 4.79 Å². The van der Waals surface area contributed by atoms with E-state index in [1.54, 1.807) is 24.7 Å². The summed E-state index contributed by atoms with van der Waals surface area (Å²) in [7, 11) is 3.94. The largest absolute Gasteiger partial charge is 0.378 e. The first-order valence-electron chi connectivity index (χ1n) is 9.53. The molecule has 0 saturated carbocycles. The Bertz CT molecular complexity index is 868. The van der Waals surface area contributed by atoms with Gasteiger partial charge in [0, 0.05) is 55.9 Å². The van der Waals surface area contributed by atoms with Crippen LogP contribution in [-0.4, -0.2) is 65.4 Å². The lowest BCUT2D eigenvalue weighted by Crippen LogP contribution is -2.42. The van der Waals surface area contributed by atoms with E-state index >= 15 is 0 Å². The number of likely N-dealkylation sites (N-methyl/N-ethyl adjacent to an activating group) is 1. The third-order valence-electron chi connectivity index (χ3n) is 4.81. The zero-order chi connectivity index (χ0) is 19.9. The normalized spacial score (nSPS) is 15.3. The molecule has 1 fully saturated rings. The molecule has 0 aromatic carbocycles. The quantitative estimate of drug-likeness (QED) is 0.748. The second-order valence-corrected chi connectivity index (χ2v) is 7.28. The summed E-state index contributed by atoms with van der Waals surface area (Å²) in [6, 6.07) is 5.86. The van der Waals surface area contributed by atoms with Crippen LogP contribution in [0.15, 0.2) is 53.7 Å². The predicted octanol–water partition coefficient (Wildman–Crippen LogP) is 1.96. The fraction of sp³-hybridized carbons (Fsp3) is 0.381. The van der Waals surface area contributed by atoms with Crippen LogP contribution in [0.3, 0.4) is 0 Å². The monoisotopic (exact) mass is 381 g/mol. The lowest BCUT2D eigenvalue weighted by atomic mass is 10.0. The minimum atomic E-state index is -0.136. The number of rotatable bonds is 6. The van der Waals surface area contributed by atoms with Crippen LogP contribution in [0.2, 0.25) is 0 Å². The maximum absolute atomic E-state index is 12.2. The summed E-state index contributed by atoms with van der Waals surface area (Å²) in [6.45, 7) is 2.12. The average Bonchev–Trinajstić information content (AvgIpc) is 2.70. The highest BCUT2D eigenvalue weighted by Gasteiger charge is 2.22. The van der Waals surface area contributed by atoms with Crippen molar-refractivity contribution < 1.29 is 4.79 Å². The van der Waals surface area contributed by atoms with E-state index in [2.05, 4.69) is 15.3 Å². The summed E-state index contributed by atoms with van der Waals surface area (Å²) < 4.78 is 0. The van der Waals surface area contributed by atoms with Crippen LogP contribution in [0.1, 0.15) is 12.8 Å². The highest BCUT2D eigenvalue weighted by Crippen LogP contribution is 2.21. The number of likely N-dealkylation sites (tertiary alicyclic amines) is 1. The van der Waals surface area contributed by atoms with Gasteiger partial charge in [0.25, 0.3) is 5.56 Å². The van der Waals surface area contributed by atoms with Crippen molar-refractivity contribution in [1.29, 1.82) is 0 Å². The number of piperidine rings is 1. The van der Waals surface area contributed by atoms with Gasteiger partial charge in [0.05, 0.1) is 0 Å². The molecule has 1 amide bonds. The maximum Gasteiger partial charge on any atom is 0.271 e. The van der Waals surface area contributed by atoms with Crippen molar-refractivity contribution in [2.24, 2.45) is 0 Å². The van der Waals surface area contributed by atoms with Gasteiger partial charge in [-0.2, -0.15) is 0 Å². The van der Waals surface area contributed by atoms with E-state index < -0.39 is 0 Å². The van der Waals surface area contributed by atoms with Gasteiger partial charge in [-0.05, 0) is 50.7 Å². The Hall–Kier alpha value is -2.93. The van der Waals surface area contributed by atoms with Gasteiger partial charge >= 0.3 is 0 Å². The van der Waals surface area contributed by atoms with Crippen molar-refractivity contribution in [3.05, 3.63) is 59.3 Å². The SMILES string of the molecule is CN(C)C/C=C/C(=O)N1CCC(Nc2cc(-c3ccncc3)c[nH]c2=O)CC1. The zero-order valence-electron chi connectivity index (χ0n) is 16.4. The molecule has 0 unspecified atom stereocenters. The van der Waals surface area contributed by atoms with Crippen molar-refractivity contribution in [2.45, 2.75) is 18.9 Å². The minimum absolute atomic E-state index is 0.0535. The van der Waals surface area contributed by atoms with Crippen LogP contribution >= 0.6 is 0 Å². The second-order valence-electron chi connectivity index (χ2n) is 7.28. The lowest BCUT2D eigenvalue weighted by molar-refractivity contribution is -0.126. The molecule has 0 bridgehead atoms. The van der Waals surface area contributed by atoms with E-state index in [-0.39, 0.29) is 17.5 Å². The summed E-state index contributed by atoms with van der Waals surface area (Å²) in [5.41, 5.74) is 2.36. The maximum atomic E-state index is 12.2. The van der Waals surface area contributed by atoms with Gasteiger partial charge < -0.3 is 20.1 Å². The number of anilines is 1. The first-order chi connectivity index (χ1) is 13.5. The molecule has 0 radical (unpaired) electrons. The molecule has 0 atom stereocenters. The Morgan fingerprint density at radius 1 is 1.29 bits per heavy atom. The topological polar surface area (TPSA) is 81.3 Å². The van der Waals surface area contributed by atoms with Crippen molar-refractivity contribution >= 4 is 11.6 Å². The van der Waals surface area contributed by atoms with Crippen LogP contribution < -0.4 is 10.9 Å². The van der Waals surface area contributed by atoms with Gasteiger partial charge in [0.15, 0.2) is 0 Å². The number of aromatic amines is 1. The Morgan fingerprint density at radius 2 is 2.00 bits per heavy atom. The molecule has 1 aliphatic heterocycles. The van der Waals surface area contributed by atoms with Gasteiger partial charge in [0.2, 0.25) is 5.91 Å². The average molecular weight is 381 g/mol. The van der Waals surface area contributed by atoms with Gasteiger partial charge in [-0.15, -0.1) is 0 Å². The third-order valence-corrected chi connectivity index (χ3v) is 4.81. The molecule has 3 heterocycles. The Balaban J connectivity index is 1.58. The van der Waals surface area contributed by atoms with Crippen molar-refractivity contribution in [2.75, 3.05) is 39.0 Å². The van der Waals surface area contributed by atoms with Crippen LogP contribution in [0.5, 0.6) is 0 Å². The van der Waals surface area contributed by atoms with Gasteiger partial charge in [-0.25, -0.2) is 0 Å². The van der Waals surface area contributed by atoms with Gasteiger partial charge in [-0.1, -0.05) is 6.08 Å². The number of amides is 1. The molecule has 1 saturated heterocycles. The molecule has 7 nitrogen and oxygen atoms in total. The fourth-order valence-electron chi connectivity index (χ4n) is 3.24. The molecule has 148 valence electrons. The number of aromatic nitrogens is 2. The van der Waals surface area contributed by atoms with E-state index in [4.69, 9.17) is 0 Å². The number of hydrogen-bond acceptors (Lipinski definition) is 5. The smallest absolute Gasteiger partial charge is 0.271 e. The number of hydrogen-bond donors (Lipinski definition) is 2. The van der Waals surface area contributed by atoms with E-state index in [1.807, 2.05) is 48.2 Å². The van der Waals surface area contributed by atoms with Crippen molar-refractivity contribution in [1.82, 2.24) is 19.8 Å². The summed E-state index contributed by atoms with van der Waals surface area (Å²) >= 11 is 0. The molecule has 7 heteroatoms. The van der Waals surface area contributed by atoms with Crippen LogP contribution in [0.25, 0.3) is 11.1 Å². The Kier molecular flexibility index (Phi) is 6.60. The molecule has 28 heavy (non-hydrogen) atoms. The van der Waals surface area contributed by atoms with Crippen LogP contribution in [0, 0.1) is 0 Å². The molecule has 0 spiro atoms. The third kappa shape index (κ3) is 5.29. The number of nitrogens with zero attached hydrogens (tertiary/aromatic N) is 3. The lowest BCUT2D eigenvalue weighted by Gasteiger charge is -2.32. The number of H-pyrrole nitrogens is 1. The van der Waals surface area contributed by atoms with Crippen LogP contribution in [0.4, 0.5) is 5.69 Å². The second kappa shape index (κ2) is 9.32. The number of carbonyl (C=O) groups excluding carboxylic acids is 1. The Labute approximate surface area is 165 Å². The number of pyridine rings is 2. The highest BCUT2D eigenvalue weighted by atomic mass is 16.2. The fourth-order valence-corrected chi connectivity index (χ4v) is 3.24. The van der Waals surface area contributed by atoms with E-state index in [1.165, 1.54) is 0 Å². The minimum Gasteiger partial charge on any atom is -0.378 e. The predicted molar refractivity (Wildman–Crippen MR) is 111 cm³/mol. The van der Waals surface area contributed by atoms with Crippen molar-refractivity contribution in [3.8, 4) is 11.1 Å². The molecule has 3 rings (SSSR count).